The van der Waals surface area contributed by atoms with Crippen LogP contribution in [0.3, 0.4) is 0 Å². The summed E-state index contributed by atoms with van der Waals surface area (Å²) in [6.45, 7) is 0.143. The molecule has 210 valence electrons. The summed E-state index contributed by atoms with van der Waals surface area (Å²) < 4.78 is 84.4. The van der Waals surface area contributed by atoms with Gasteiger partial charge in [-0.1, -0.05) is 41.9 Å². The molecule has 3 unspecified atom stereocenters. The summed E-state index contributed by atoms with van der Waals surface area (Å²) in [7, 11) is -3.08. The van der Waals surface area contributed by atoms with Crippen molar-refractivity contribution in [1.29, 1.82) is 0 Å². The van der Waals surface area contributed by atoms with E-state index in [-0.39, 0.29) is 35.7 Å². The summed E-state index contributed by atoms with van der Waals surface area (Å²) in [5.74, 6) is -0.328. The van der Waals surface area contributed by atoms with Crippen LogP contribution in [-0.4, -0.2) is 67.5 Å². The number of alkyl halides is 3. The third-order valence-electron chi connectivity index (χ3n) is 5.76. The van der Waals surface area contributed by atoms with E-state index in [9.17, 15) is 31.5 Å². The number of ether oxygens (including phenoxy) is 3. The van der Waals surface area contributed by atoms with Gasteiger partial charge in [0, 0.05) is 19.7 Å². The molecule has 3 rings (SSSR count). The lowest BCUT2D eigenvalue weighted by atomic mass is 9.90. The minimum atomic E-state index is -4.67. The molecule has 1 fully saturated rings. The second kappa shape index (κ2) is 12.9. The van der Waals surface area contributed by atoms with E-state index in [1.807, 2.05) is 0 Å². The number of pyridine rings is 1. The molecule has 0 radical (unpaired) electrons. The molecule has 0 aliphatic heterocycles. The highest BCUT2D eigenvalue weighted by Gasteiger charge is 2.39. The first-order chi connectivity index (χ1) is 17.9. The molecule has 3 atom stereocenters. The van der Waals surface area contributed by atoms with E-state index < -0.39 is 51.8 Å². The van der Waals surface area contributed by atoms with Crippen molar-refractivity contribution in [3.8, 4) is 5.88 Å². The molecule has 2 N–H and O–H groups in total. The second-order valence-electron chi connectivity index (χ2n) is 8.47. The van der Waals surface area contributed by atoms with Crippen molar-refractivity contribution >= 4 is 27.9 Å². The van der Waals surface area contributed by atoms with E-state index in [1.165, 1.54) is 7.11 Å². The first-order valence-corrected chi connectivity index (χ1v) is 13.3. The fourth-order valence-electron chi connectivity index (χ4n) is 3.88. The van der Waals surface area contributed by atoms with Crippen molar-refractivity contribution in [3.63, 3.8) is 0 Å². The molecule has 1 aliphatic rings. The molecule has 38 heavy (non-hydrogen) atoms. The molecule has 1 saturated carbocycles. The molecule has 15 heteroatoms. The highest BCUT2D eigenvalue weighted by Crippen LogP contribution is 2.35. The average molecular weight is 582 g/mol. The van der Waals surface area contributed by atoms with Gasteiger partial charge in [0.25, 0.3) is 0 Å². The maximum absolute atomic E-state index is 13.1. The predicted molar refractivity (Wildman–Crippen MR) is 130 cm³/mol. The van der Waals surface area contributed by atoms with Crippen LogP contribution in [0.4, 0.5) is 18.0 Å². The smallest absolute Gasteiger partial charge is 0.422 e. The molecule has 0 spiro atoms. The van der Waals surface area contributed by atoms with Gasteiger partial charge in [0.1, 0.15) is 11.1 Å². The second-order valence-corrected chi connectivity index (χ2v) is 10.5. The van der Waals surface area contributed by atoms with Gasteiger partial charge in [-0.05, 0) is 24.5 Å². The van der Waals surface area contributed by atoms with Gasteiger partial charge in [-0.15, -0.1) is 0 Å². The molecule has 0 bridgehead atoms. The number of hydrogen-bond donors (Lipinski definition) is 2. The van der Waals surface area contributed by atoms with Crippen LogP contribution < -0.4 is 9.46 Å². The maximum atomic E-state index is 13.1. The quantitative estimate of drug-likeness (QED) is 0.380. The van der Waals surface area contributed by atoms with Crippen molar-refractivity contribution in [2.75, 3.05) is 20.3 Å². The van der Waals surface area contributed by atoms with E-state index in [0.717, 1.165) is 0 Å². The van der Waals surface area contributed by atoms with Crippen molar-refractivity contribution < 1.29 is 45.7 Å². The molecule has 1 aromatic heterocycles. The minimum Gasteiger partial charge on any atom is -0.471 e. The topological polar surface area (TPSA) is 127 Å². The van der Waals surface area contributed by atoms with Gasteiger partial charge in [0.05, 0.1) is 37.5 Å². The van der Waals surface area contributed by atoms with Gasteiger partial charge in [0.2, 0.25) is 5.88 Å². The minimum absolute atomic E-state index is 0.127. The van der Waals surface area contributed by atoms with Crippen LogP contribution in [0.15, 0.2) is 42.6 Å². The normalized spacial score (nSPS) is 20.2. The van der Waals surface area contributed by atoms with Gasteiger partial charge in [0.15, 0.2) is 0 Å². The number of nitrogens with one attached hydrogen (secondary N) is 1. The van der Waals surface area contributed by atoms with Crippen LogP contribution >= 0.6 is 11.6 Å². The predicted octanol–water partition coefficient (Wildman–Crippen LogP) is 4.10. The van der Waals surface area contributed by atoms with Gasteiger partial charge in [-0.2, -0.15) is 30.6 Å². The summed E-state index contributed by atoms with van der Waals surface area (Å²) in [5, 5.41) is 9.20. The molecular weight excluding hydrogens is 555 g/mol. The Kier molecular flexibility index (Phi) is 10.2. The number of nitrogens with zero attached hydrogens (tertiary/aromatic N) is 2. The fourth-order valence-corrected chi connectivity index (χ4v) is 5.39. The third kappa shape index (κ3) is 8.17. The van der Waals surface area contributed by atoms with Crippen molar-refractivity contribution in [2.24, 2.45) is 0 Å². The first kappa shape index (κ1) is 29.9. The zero-order chi connectivity index (χ0) is 27.9. The molecule has 2 aromatic rings. The number of carboxylic acid groups (broad SMARTS) is 1. The number of rotatable bonds is 11. The lowest BCUT2D eigenvalue weighted by Crippen LogP contribution is -2.55. The SMILES string of the molecule is COCCOC1CCC(NS(=O)(=O)N(Cc2ccccc2)C(=O)O)C(Oc2ncc(C(F)(F)F)cc2Cl)C1. The van der Waals surface area contributed by atoms with Crippen molar-refractivity contribution in [3.05, 3.63) is 58.7 Å². The standard InChI is InChI=1S/C23H27ClF3N3O7S/c1-35-9-10-36-17-7-8-19(20(12-17)37-21-18(24)11-16(13-28-21)23(25,26)27)29-38(33,34)30(22(31)32)14-15-5-3-2-4-6-15/h2-6,11,13,17,19-20,29H,7-10,12,14H2,1H3,(H,31,32). The zero-order valence-electron chi connectivity index (χ0n) is 20.2. The average Bonchev–Trinajstić information content (AvgIpc) is 2.85. The van der Waals surface area contributed by atoms with E-state index in [4.69, 9.17) is 25.8 Å². The molecule has 1 aliphatic carbocycles. The maximum Gasteiger partial charge on any atom is 0.422 e. The van der Waals surface area contributed by atoms with Crippen LogP contribution in [-0.2, 0) is 32.4 Å². The fraction of sp³-hybridized carbons (Fsp3) is 0.478. The molecule has 1 aromatic carbocycles. The number of benzene rings is 1. The Bertz CT molecular complexity index is 1190. The van der Waals surface area contributed by atoms with Crippen LogP contribution in [0, 0.1) is 0 Å². The van der Waals surface area contributed by atoms with E-state index >= 15 is 0 Å². The summed E-state index contributed by atoms with van der Waals surface area (Å²) in [6, 6.07) is 7.85. The largest absolute Gasteiger partial charge is 0.471 e. The Morgan fingerprint density at radius 1 is 1.24 bits per heavy atom. The van der Waals surface area contributed by atoms with Gasteiger partial charge < -0.3 is 19.3 Å². The van der Waals surface area contributed by atoms with Gasteiger partial charge in [-0.25, -0.2) is 9.78 Å². The molecule has 1 amide bonds. The zero-order valence-corrected chi connectivity index (χ0v) is 21.8. The Morgan fingerprint density at radius 2 is 1.95 bits per heavy atom. The molecule has 1 heterocycles. The molecule has 0 saturated heterocycles. The van der Waals surface area contributed by atoms with Crippen LogP contribution in [0.2, 0.25) is 5.02 Å². The highest BCUT2D eigenvalue weighted by atomic mass is 35.5. The van der Waals surface area contributed by atoms with Crippen molar-refractivity contribution in [2.45, 2.75) is 50.2 Å². The van der Waals surface area contributed by atoms with Gasteiger partial charge in [-0.3, -0.25) is 0 Å². The number of carbonyl (C=O) groups is 1. The summed E-state index contributed by atoms with van der Waals surface area (Å²) in [4.78, 5) is 15.5. The monoisotopic (exact) mass is 581 g/mol. The number of halogens is 4. The van der Waals surface area contributed by atoms with Gasteiger partial charge >= 0.3 is 22.5 Å². The number of aromatic nitrogens is 1. The molecular formula is C23H27ClF3N3O7S. The first-order valence-electron chi connectivity index (χ1n) is 11.5. The van der Waals surface area contributed by atoms with E-state index in [0.29, 0.717) is 30.9 Å². The van der Waals surface area contributed by atoms with Crippen LogP contribution in [0.5, 0.6) is 5.88 Å². The third-order valence-corrected chi connectivity index (χ3v) is 7.49. The lowest BCUT2D eigenvalue weighted by Gasteiger charge is -2.36. The summed E-state index contributed by atoms with van der Waals surface area (Å²) >= 11 is 6.00. The Hall–Kier alpha value is -2.65. The Morgan fingerprint density at radius 3 is 2.55 bits per heavy atom. The van der Waals surface area contributed by atoms with E-state index in [1.54, 1.807) is 30.3 Å². The van der Waals surface area contributed by atoms with Crippen molar-refractivity contribution in [1.82, 2.24) is 14.0 Å². The summed E-state index contributed by atoms with van der Waals surface area (Å²) in [6.07, 6.45) is -6.47. The summed E-state index contributed by atoms with van der Waals surface area (Å²) in [5.41, 5.74) is -0.626. The number of methoxy groups -OCH3 is 1. The number of amides is 1. The van der Waals surface area contributed by atoms with Crippen LogP contribution in [0.1, 0.15) is 30.4 Å². The van der Waals surface area contributed by atoms with Crippen LogP contribution in [0.25, 0.3) is 0 Å². The Balaban J connectivity index is 1.82. The molecule has 10 nitrogen and oxygen atoms in total. The highest BCUT2D eigenvalue weighted by molar-refractivity contribution is 7.87. The lowest BCUT2D eigenvalue weighted by molar-refractivity contribution is -0.137. The number of hydrogen-bond acceptors (Lipinski definition) is 7. The van der Waals surface area contributed by atoms with E-state index in [2.05, 4.69) is 9.71 Å². The Labute approximate surface area is 222 Å².